The van der Waals surface area contributed by atoms with Gasteiger partial charge in [0, 0.05) is 21.1 Å². The van der Waals surface area contributed by atoms with Gasteiger partial charge in [0.2, 0.25) is 0 Å². The molecule has 0 heterocycles. The fourth-order valence-corrected chi connectivity index (χ4v) is 0.678. The van der Waals surface area contributed by atoms with E-state index in [0.717, 1.165) is 6.42 Å². The molecule has 0 atom stereocenters. The summed E-state index contributed by atoms with van der Waals surface area (Å²) in [5.41, 5.74) is 1.43. The fourth-order valence-electron chi connectivity index (χ4n) is 0.678. The molecule has 0 N–H and O–H groups in total. The van der Waals surface area contributed by atoms with E-state index in [1.807, 2.05) is 0 Å². The van der Waals surface area contributed by atoms with Gasteiger partial charge in [-0.25, -0.2) is 18.1 Å². The second-order valence-corrected chi connectivity index (χ2v) is 1.66. The molecule has 0 aromatic heterocycles. The third-order valence-corrected chi connectivity index (χ3v) is 1.17. The fraction of sp³-hybridized carbons (Fsp3) is 0.222. The first-order chi connectivity index (χ1) is 3.43. The predicted molar refractivity (Wildman–Crippen MR) is 44.6 cm³/mol. The molecule has 0 amide bonds. The maximum atomic E-state index is 2.16. The van der Waals surface area contributed by atoms with E-state index < -0.39 is 0 Å². The largest absolute Gasteiger partial charge is 0.358 e. The molecule has 64 valence electrons. The van der Waals surface area contributed by atoms with Crippen molar-refractivity contribution in [3.8, 4) is 0 Å². The van der Waals surface area contributed by atoms with Gasteiger partial charge in [0.1, 0.15) is 0 Å². The van der Waals surface area contributed by atoms with Crippen LogP contribution in [0.2, 0.25) is 0 Å². The van der Waals surface area contributed by atoms with Crippen LogP contribution < -0.4 is 0 Å². The molecule has 1 rings (SSSR count). The zero-order valence-corrected chi connectivity index (χ0v) is 9.10. The van der Waals surface area contributed by atoms with Crippen molar-refractivity contribution >= 4 is 0 Å². The van der Waals surface area contributed by atoms with Crippen LogP contribution in [0.4, 0.5) is 0 Å². The van der Waals surface area contributed by atoms with Crippen molar-refractivity contribution in [3.63, 3.8) is 0 Å². The molecule has 0 aliphatic heterocycles. The van der Waals surface area contributed by atoms with Crippen LogP contribution in [0.25, 0.3) is 0 Å². The maximum Gasteiger partial charge on any atom is 0 e. The molecule has 10 heavy (non-hydrogen) atoms. The van der Waals surface area contributed by atoms with E-state index in [1.54, 1.807) is 0 Å². The molecule has 1 heteroatoms. The van der Waals surface area contributed by atoms with Crippen LogP contribution in [0, 0.1) is 21.3 Å². The molecule has 1 aliphatic carbocycles. The summed E-state index contributed by atoms with van der Waals surface area (Å²) in [7, 11) is 0. The molecule has 1 aliphatic rings. The Morgan fingerprint density at radius 3 is 2.20 bits per heavy atom. The summed E-state index contributed by atoms with van der Waals surface area (Å²) in [5.74, 6) is 0. The van der Waals surface area contributed by atoms with Gasteiger partial charge in [0.05, 0.1) is 0 Å². The number of allylic oxidation sites excluding steroid dienone is 4. The van der Waals surface area contributed by atoms with E-state index in [-0.39, 0.29) is 35.9 Å². The Morgan fingerprint density at radius 2 is 2.00 bits per heavy atom. The average Bonchev–Trinajstić information content (AvgIpc) is 2.14. The van der Waals surface area contributed by atoms with E-state index in [4.69, 9.17) is 0 Å². The Kier molecular flexibility index (Phi) is 15.0. The number of rotatable bonds is 1. The number of hydrogen-bond acceptors (Lipinski definition) is 0. The summed E-state index contributed by atoms with van der Waals surface area (Å²) >= 11 is 0. The zero-order chi connectivity index (χ0) is 5.11. The number of hydrogen-bond donors (Lipinski definition) is 0. The zero-order valence-electron chi connectivity index (χ0n) is 6.83. The smallest absolute Gasteiger partial charge is 0 e. The standard InChI is InChI=1S/C7H9.2CH3.Pt/c1-2-7-5-3-4-6-7;;;/h2-5H,6H2,1H3;2*1H3;/q3*-1;. The molecular formula is C9H15Pt-3. The molecule has 0 aromatic rings. The third kappa shape index (κ3) is 4.87. The summed E-state index contributed by atoms with van der Waals surface area (Å²) in [5, 5.41) is 0. The summed E-state index contributed by atoms with van der Waals surface area (Å²) in [6.07, 6.45) is 9.67. The van der Waals surface area contributed by atoms with Crippen LogP contribution in [-0.4, -0.2) is 0 Å². The van der Waals surface area contributed by atoms with E-state index in [2.05, 4.69) is 31.6 Å². The van der Waals surface area contributed by atoms with Crippen LogP contribution in [0.5, 0.6) is 0 Å². The average molecular weight is 318 g/mol. The van der Waals surface area contributed by atoms with Gasteiger partial charge in [-0.2, -0.15) is 0 Å². The summed E-state index contributed by atoms with van der Waals surface area (Å²) in [6, 6.07) is 0. The Morgan fingerprint density at radius 1 is 1.40 bits per heavy atom. The molecule has 0 aromatic carbocycles. The summed E-state index contributed by atoms with van der Waals surface area (Å²) in [6.45, 7) is 2.07. The van der Waals surface area contributed by atoms with Crippen LogP contribution in [0.1, 0.15) is 13.3 Å². The topological polar surface area (TPSA) is 0 Å². The van der Waals surface area contributed by atoms with Crippen LogP contribution >= 0.6 is 0 Å². The first-order valence-electron chi connectivity index (χ1n) is 2.58. The van der Waals surface area contributed by atoms with Gasteiger partial charge in [-0.1, -0.05) is 0 Å². The first kappa shape index (κ1) is 16.6. The van der Waals surface area contributed by atoms with E-state index in [1.165, 1.54) is 5.57 Å². The summed E-state index contributed by atoms with van der Waals surface area (Å²) < 4.78 is 0. The molecule has 0 fully saturated rings. The second kappa shape index (κ2) is 9.04. The minimum atomic E-state index is 0. The van der Waals surface area contributed by atoms with E-state index >= 15 is 0 Å². The van der Waals surface area contributed by atoms with Crippen LogP contribution in [0.3, 0.4) is 0 Å². The Hall–Kier alpha value is 0.0383. The van der Waals surface area contributed by atoms with Crippen LogP contribution in [-0.2, 0) is 21.1 Å². The summed E-state index contributed by atoms with van der Waals surface area (Å²) in [4.78, 5) is 0. The molecule has 0 radical (unpaired) electrons. The maximum absolute atomic E-state index is 2.16. The molecule has 0 saturated heterocycles. The van der Waals surface area contributed by atoms with Gasteiger partial charge >= 0.3 is 0 Å². The predicted octanol–water partition coefficient (Wildman–Crippen LogP) is 2.99. The minimum Gasteiger partial charge on any atom is -0.358 e. The third-order valence-electron chi connectivity index (χ3n) is 1.17. The van der Waals surface area contributed by atoms with Crippen molar-refractivity contribution in [2.24, 2.45) is 0 Å². The van der Waals surface area contributed by atoms with Gasteiger partial charge in [-0.05, 0) is 6.42 Å². The van der Waals surface area contributed by atoms with Gasteiger partial charge in [-0.15, -0.1) is 19.1 Å². The van der Waals surface area contributed by atoms with E-state index in [9.17, 15) is 0 Å². The van der Waals surface area contributed by atoms with Crippen molar-refractivity contribution in [1.82, 2.24) is 0 Å². The SMILES string of the molecule is C[CH-]C1=CC=CC1.[CH3-].[CH3-].[Pt]. The molecule has 0 nitrogen and oxygen atoms in total. The van der Waals surface area contributed by atoms with E-state index in [0.29, 0.717) is 0 Å². The van der Waals surface area contributed by atoms with Gasteiger partial charge in [-0.3, -0.25) is 0 Å². The van der Waals surface area contributed by atoms with Crippen molar-refractivity contribution in [3.05, 3.63) is 45.1 Å². The normalized spacial score (nSPS) is 11.9. The molecule has 0 bridgehead atoms. The molecule has 0 unspecified atom stereocenters. The van der Waals surface area contributed by atoms with Gasteiger partial charge in [0.15, 0.2) is 0 Å². The Bertz CT molecular complexity index is 112. The first-order valence-corrected chi connectivity index (χ1v) is 2.58. The van der Waals surface area contributed by atoms with Gasteiger partial charge < -0.3 is 14.9 Å². The second-order valence-electron chi connectivity index (χ2n) is 1.66. The van der Waals surface area contributed by atoms with Crippen molar-refractivity contribution in [1.29, 1.82) is 0 Å². The minimum absolute atomic E-state index is 0. The van der Waals surface area contributed by atoms with Crippen LogP contribution in [0.15, 0.2) is 23.8 Å². The molecular weight excluding hydrogens is 303 g/mol. The monoisotopic (exact) mass is 318 g/mol. The van der Waals surface area contributed by atoms with Gasteiger partial charge in [0.25, 0.3) is 0 Å². The van der Waals surface area contributed by atoms with Crippen molar-refractivity contribution in [2.75, 3.05) is 0 Å². The van der Waals surface area contributed by atoms with Crippen molar-refractivity contribution in [2.45, 2.75) is 13.3 Å². The van der Waals surface area contributed by atoms with Crippen molar-refractivity contribution < 1.29 is 21.1 Å². The Balaban J connectivity index is -0.000000163. The molecule has 0 spiro atoms. The quantitative estimate of drug-likeness (QED) is 0.652. The molecule has 0 saturated carbocycles. The Labute approximate surface area is 79.7 Å².